The van der Waals surface area contributed by atoms with Gasteiger partial charge in [0.25, 0.3) is 0 Å². The van der Waals surface area contributed by atoms with Crippen molar-refractivity contribution in [1.82, 2.24) is 20.3 Å². The predicted octanol–water partition coefficient (Wildman–Crippen LogP) is 2.93. The molecule has 0 N–H and O–H groups in total. The Morgan fingerprint density at radius 2 is 1.89 bits per heavy atom. The highest BCUT2D eigenvalue weighted by atomic mass is 32.2. The lowest BCUT2D eigenvalue weighted by molar-refractivity contribution is 0.367. The summed E-state index contributed by atoms with van der Waals surface area (Å²) in [7, 11) is -2.13. The molecule has 0 saturated heterocycles. The van der Waals surface area contributed by atoms with Crippen molar-refractivity contribution < 1.29 is 22.2 Å². The average molecular weight is 392 g/mol. The van der Waals surface area contributed by atoms with E-state index in [0.29, 0.717) is 17.1 Å². The van der Waals surface area contributed by atoms with E-state index >= 15 is 0 Å². The molecule has 0 aliphatic carbocycles. The third-order valence-corrected chi connectivity index (χ3v) is 5.91. The summed E-state index contributed by atoms with van der Waals surface area (Å²) in [5.41, 5.74) is 0.660. The molecule has 0 radical (unpaired) electrons. The minimum absolute atomic E-state index is 0.0109. The van der Waals surface area contributed by atoms with E-state index in [9.17, 15) is 8.42 Å². The summed E-state index contributed by atoms with van der Waals surface area (Å²) < 4.78 is 40.7. The quantitative estimate of drug-likeness (QED) is 0.597. The van der Waals surface area contributed by atoms with Crippen LogP contribution in [0.15, 0.2) is 33.3 Å². The highest BCUT2D eigenvalue weighted by molar-refractivity contribution is 7.90. The van der Waals surface area contributed by atoms with Crippen molar-refractivity contribution in [3.63, 3.8) is 0 Å². The maximum Gasteiger partial charge on any atom is 0.244 e. The molecule has 2 heterocycles. The van der Waals surface area contributed by atoms with E-state index in [-0.39, 0.29) is 23.5 Å². The molecule has 2 aromatic heterocycles. The summed E-state index contributed by atoms with van der Waals surface area (Å²) in [5.74, 6) is 1.03. The number of sulfone groups is 1. The zero-order chi connectivity index (χ0) is 19.6. The second kappa shape index (κ2) is 7.47. The second-order valence-corrected chi connectivity index (χ2v) is 8.66. The molecule has 0 amide bonds. The number of benzene rings is 1. The van der Waals surface area contributed by atoms with Crippen molar-refractivity contribution in [3.05, 3.63) is 41.9 Å². The predicted molar refractivity (Wildman–Crippen MR) is 95.7 cm³/mol. The highest BCUT2D eigenvalue weighted by Crippen LogP contribution is 2.26. The van der Waals surface area contributed by atoms with Crippen LogP contribution in [-0.2, 0) is 15.6 Å². The van der Waals surface area contributed by atoms with Crippen molar-refractivity contribution in [2.24, 2.45) is 0 Å². The van der Waals surface area contributed by atoms with Gasteiger partial charge >= 0.3 is 0 Å². The maximum absolute atomic E-state index is 12.7. The van der Waals surface area contributed by atoms with Crippen LogP contribution in [0.2, 0.25) is 0 Å². The van der Waals surface area contributed by atoms with Crippen LogP contribution in [0.1, 0.15) is 49.5 Å². The lowest BCUT2D eigenvalue weighted by Gasteiger charge is -2.06. The Labute approximate surface area is 156 Å². The van der Waals surface area contributed by atoms with Gasteiger partial charge in [-0.25, -0.2) is 8.42 Å². The van der Waals surface area contributed by atoms with E-state index in [1.165, 1.54) is 6.92 Å². The van der Waals surface area contributed by atoms with Crippen molar-refractivity contribution in [1.29, 1.82) is 0 Å². The molecule has 0 bridgehead atoms. The van der Waals surface area contributed by atoms with E-state index in [4.69, 9.17) is 13.8 Å². The third kappa shape index (κ3) is 4.16. The first-order valence-electron chi connectivity index (χ1n) is 8.32. The van der Waals surface area contributed by atoms with Crippen molar-refractivity contribution >= 4 is 9.84 Å². The Kier molecular flexibility index (Phi) is 5.26. The smallest absolute Gasteiger partial charge is 0.244 e. The number of ether oxygens (including phenoxy) is 1. The van der Waals surface area contributed by atoms with Crippen LogP contribution < -0.4 is 4.74 Å². The SMILES string of the molecule is COc1cccc(-c2noc(CS(=O)(=O)C(C)c3nc(C(C)C)no3)n2)c1. The molecule has 0 aliphatic heterocycles. The van der Waals surface area contributed by atoms with Gasteiger partial charge in [0, 0.05) is 11.5 Å². The van der Waals surface area contributed by atoms with Gasteiger partial charge in [-0.3, -0.25) is 0 Å². The van der Waals surface area contributed by atoms with E-state index in [1.807, 2.05) is 13.8 Å². The molecule has 3 rings (SSSR count). The first-order valence-corrected chi connectivity index (χ1v) is 10.0. The number of aromatic nitrogens is 4. The number of methoxy groups -OCH3 is 1. The Balaban J connectivity index is 1.78. The first kappa shape index (κ1) is 19.0. The number of rotatable bonds is 7. The zero-order valence-electron chi connectivity index (χ0n) is 15.4. The molecule has 0 aliphatic rings. The monoisotopic (exact) mass is 392 g/mol. The standard InChI is InChI=1S/C17H20N4O5S/c1-10(2)15-19-17(26-20-15)11(3)27(22,23)9-14-18-16(21-25-14)12-6-5-7-13(8-12)24-4/h5-8,10-11H,9H2,1-4H3. The Hall–Kier alpha value is -2.75. The minimum Gasteiger partial charge on any atom is -0.497 e. The normalized spacial score (nSPS) is 13.1. The number of nitrogens with zero attached hydrogens (tertiary/aromatic N) is 4. The molecule has 1 atom stereocenters. The molecular formula is C17H20N4O5S. The van der Waals surface area contributed by atoms with Crippen molar-refractivity contribution in [3.8, 4) is 17.1 Å². The molecule has 144 valence electrons. The van der Waals surface area contributed by atoms with E-state index in [1.54, 1.807) is 31.4 Å². The molecule has 3 aromatic rings. The Bertz CT molecular complexity index is 1030. The Morgan fingerprint density at radius 3 is 2.56 bits per heavy atom. The summed E-state index contributed by atoms with van der Waals surface area (Å²) in [4.78, 5) is 8.32. The molecule has 0 saturated carbocycles. The average Bonchev–Trinajstić information content (AvgIpc) is 3.30. The van der Waals surface area contributed by atoms with Gasteiger partial charge in [-0.05, 0) is 19.1 Å². The van der Waals surface area contributed by atoms with Crippen LogP contribution in [0.3, 0.4) is 0 Å². The van der Waals surface area contributed by atoms with E-state index in [2.05, 4.69) is 20.3 Å². The van der Waals surface area contributed by atoms with Gasteiger partial charge in [0.1, 0.15) is 16.8 Å². The molecule has 0 fully saturated rings. The van der Waals surface area contributed by atoms with Crippen LogP contribution in [0.4, 0.5) is 0 Å². The summed E-state index contributed by atoms with van der Waals surface area (Å²) in [5, 5.41) is 6.67. The number of hydrogen-bond donors (Lipinski definition) is 0. The summed E-state index contributed by atoms with van der Waals surface area (Å²) in [6.45, 7) is 5.28. The number of hydrogen-bond acceptors (Lipinski definition) is 9. The Morgan fingerprint density at radius 1 is 1.11 bits per heavy atom. The van der Waals surface area contributed by atoms with Gasteiger partial charge in [-0.2, -0.15) is 9.97 Å². The van der Waals surface area contributed by atoms with E-state index < -0.39 is 20.8 Å². The molecule has 9 nitrogen and oxygen atoms in total. The topological polar surface area (TPSA) is 121 Å². The zero-order valence-corrected chi connectivity index (χ0v) is 16.2. The highest BCUT2D eigenvalue weighted by Gasteiger charge is 2.30. The van der Waals surface area contributed by atoms with Gasteiger partial charge in [-0.1, -0.05) is 36.3 Å². The lowest BCUT2D eigenvalue weighted by Crippen LogP contribution is -2.13. The molecule has 1 aromatic carbocycles. The van der Waals surface area contributed by atoms with Gasteiger partial charge in [-0.15, -0.1) is 0 Å². The van der Waals surface area contributed by atoms with Crippen molar-refractivity contribution in [2.45, 2.75) is 37.7 Å². The van der Waals surface area contributed by atoms with Crippen molar-refractivity contribution in [2.75, 3.05) is 7.11 Å². The summed E-state index contributed by atoms with van der Waals surface area (Å²) >= 11 is 0. The van der Waals surface area contributed by atoms with Gasteiger partial charge < -0.3 is 13.8 Å². The minimum atomic E-state index is -3.68. The van der Waals surface area contributed by atoms with Crippen LogP contribution in [-0.4, -0.2) is 35.8 Å². The fourth-order valence-electron chi connectivity index (χ4n) is 2.29. The van der Waals surface area contributed by atoms with Gasteiger partial charge in [0.2, 0.25) is 17.6 Å². The van der Waals surface area contributed by atoms with E-state index in [0.717, 1.165) is 0 Å². The molecule has 10 heteroatoms. The molecular weight excluding hydrogens is 372 g/mol. The lowest BCUT2D eigenvalue weighted by atomic mass is 10.2. The fourth-order valence-corrected chi connectivity index (χ4v) is 3.40. The summed E-state index contributed by atoms with van der Waals surface area (Å²) in [6, 6.07) is 7.08. The summed E-state index contributed by atoms with van der Waals surface area (Å²) in [6.07, 6.45) is 0. The van der Waals surface area contributed by atoms with Gasteiger partial charge in [0.15, 0.2) is 15.7 Å². The van der Waals surface area contributed by atoms with Crippen LogP contribution >= 0.6 is 0 Å². The van der Waals surface area contributed by atoms with Crippen LogP contribution in [0.25, 0.3) is 11.4 Å². The maximum atomic E-state index is 12.7. The molecule has 0 spiro atoms. The van der Waals surface area contributed by atoms with Crippen LogP contribution in [0.5, 0.6) is 5.75 Å². The first-order chi connectivity index (χ1) is 12.8. The second-order valence-electron chi connectivity index (χ2n) is 6.34. The largest absolute Gasteiger partial charge is 0.497 e. The van der Waals surface area contributed by atoms with Gasteiger partial charge in [0.05, 0.1) is 7.11 Å². The van der Waals surface area contributed by atoms with Crippen LogP contribution in [0, 0.1) is 0 Å². The third-order valence-electron chi connectivity index (χ3n) is 3.98. The molecule has 27 heavy (non-hydrogen) atoms. The molecule has 1 unspecified atom stereocenters. The fraction of sp³-hybridized carbons (Fsp3) is 0.412.